The SMILES string of the molecule is CC(C)(C)OC(=O)n1c(O[B]O)cc2ncccc21. The molecule has 2 heterocycles. The summed E-state index contributed by atoms with van der Waals surface area (Å²) in [7, 11) is 0.509. The van der Waals surface area contributed by atoms with E-state index in [1.165, 1.54) is 4.57 Å². The molecular formula is C12H14BN2O4. The van der Waals surface area contributed by atoms with E-state index < -0.39 is 11.7 Å². The number of pyridine rings is 1. The molecule has 0 bridgehead atoms. The molecule has 2 rings (SSSR count). The minimum absolute atomic E-state index is 0.144. The Morgan fingerprint density at radius 3 is 2.84 bits per heavy atom. The lowest BCUT2D eigenvalue weighted by molar-refractivity contribution is 0.0537. The van der Waals surface area contributed by atoms with Crippen molar-refractivity contribution in [2.45, 2.75) is 26.4 Å². The Bertz CT molecular complexity index is 603. The fourth-order valence-electron chi connectivity index (χ4n) is 1.65. The van der Waals surface area contributed by atoms with Gasteiger partial charge in [0.25, 0.3) is 0 Å². The van der Waals surface area contributed by atoms with Gasteiger partial charge < -0.3 is 14.4 Å². The zero-order valence-electron chi connectivity index (χ0n) is 11.0. The smallest absolute Gasteiger partial charge is 0.524 e. The van der Waals surface area contributed by atoms with Crippen molar-refractivity contribution >= 4 is 24.8 Å². The molecule has 0 saturated heterocycles. The van der Waals surface area contributed by atoms with E-state index in [9.17, 15) is 4.79 Å². The number of nitrogens with zero attached hydrogens (tertiary/aromatic N) is 2. The van der Waals surface area contributed by atoms with Gasteiger partial charge in [-0.15, -0.1) is 0 Å². The Balaban J connectivity index is 2.50. The van der Waals surface area contributed by atoms with E-state index in [4.69, 9.17) is 14.4 Å². The van der Waals surface area contributed by atoms with Crippen LogP contribution in [0.15, 0.2) is 24.4 Å². The largest absolute Gasteiger partial charge is 0.570 e. The summed E-state index contributed by atoms with van der Waals surface area (Å²) >= 11 is 0. The summed E-state index contributed by atoms with van der Waals surface area (Å²) in [6.07, 6.45) is 1.01. The number of hydrogen-bond donors (Lipinski definition) is 1. The van der Waals surface area contributed by atoms with Gasteiger partial charge in [0.2, 0.25) is 0 Å². The number of carbonyl (C=O) groups excluding carboxylic acids is 1. The number of ether oxygens (including phenoxy) is 1. The Morgan fingerprint density at radius 2 is 2.21 bits per heavy atom. The number of fused-ring (bicyclic) bond motifs is 1. The van der Waals surface area contributed by atoms with Crippen LogP contribution in [0, 0.1) is 0 Å². The fourth-order valence-corrected chi connectivity index (χ4v) is 1.65. The maximum atomic E-state index is 12.2. The van der Waals surface area contributed by atoms with Gasteiger partial charge in [-0.1, -0.05) is 0 Å². The first-order valence-electron chi connectivity index (χ1n) is 5.75. The molecule has 0 aliphatic carbocycles. The van der Waals surface area contributed by atoms with Gasteiger partial charge in [0.1, 0.15) is 5.60 Å². The molecule has 99 valence electrons. The van der Waals surface area contributed by atoms with Crippen LogP contribution < -0.4 is 4.65 Å². The maximum Gasteiger partial charge on any atom is 0.570 e. The second-order valence-corrected chi connectivity index (χ2v) is 4.93. The third-order valence-electron chi connectivity index (χ3n) is 2.29. The second kappa shape index (κ2) is 4.93. The highest BCUT2D eigenvalue weighted by molar-refractivity contribution is 6.17. The van der Waals surface area contributed by atoms with Gasteiger partial charge >= 0.3 is 13.8 Å². The van der Waals surface area contributed by atoms with Crippen LogP contribution >= 0.6 is 0 Å². The first-order chi connectivity index (χ1) is 8.92. The minimum Gasteiger partial charge on any atom is -0.524 e. The van der Waals surface area contributed by atoms with Gasteiger partial charge in [0.15, 0.2) is 5.88 Å². The van der Waals surface area contributed by atoms with Gasteiger partial charge in [0, 0.05) is 12.3 Å². The standard InChI is InChI=1S/C12H14BN2O4/c1-12(2,3)18-11(16)15-9-5-4-6-14-8(9)7-10(15)19-13-17/h4-7,17H,1-3H3. The van der Waals surface area contributed by atoms with E-state index in [1.807, 2.05) is 0 Å². The van der Waals surface area contributed by atoms with E-state index in [2.05, 4.69) is 4.98 Å². The highest BCUT2D eigenvalue weighted by atomic mass is 16.6. The molecule has 0 saturated carbocycles. The van der Waals surface area contributed by atoms with Crippen molar-refractivity contribution in [2.75, 3.05) is 0 Å². The zero-order chi connectivity index (χ0) is 14.0. The molecule has 0 spiro atoms. The maximum absolute atomic E-state index is 12.2. The average molecular weight is 261 g/mol. The summed E-state index contributed by atoms with van der Waals surface area (Å²) < 4.78 is 11.4. The second-order valence-electron chi connectivity index (χ2n) is 4.93. The molecule has 7 heteroatoms. The minimum atomic E-state index is -0.629. The molecule has 0 aliphatic heterocycles. The van der Waals surface area contributed by atoms with E-state index in [-0.39, 0.29) is 5.88 Å². The number of hydrogen-bond acceptors (Lipinski definition) is 5. The van der Waals surface area contributed by atoms with E-state index in [0.717, 1.165) is 0 Å². The van der Waals surface area contributed by atoms with Gasteiger partial charge in [-0.05, 0) is 32.9 Å². The van der Waals surface area contributed by atoms with Gasteiger partial charge in [-0.2, -0.15) is 0 Å². The molecule has 6 nitrogen and oxygen atoms in total. The Kier molecular flexibility index (Phi) is 3.48. The number of rotatable bonds is 2. The molecule has 0 aromatic carbocycles. The summed E-state index contributed by atoms with van der Waals surface area (Å²) in [6.45, 7) is 5.31. The third-order valence-corrected chi connectivity index (χ3v) is 2.29. The summed E-state index contributed by atoms with van der Waals surface area (Å²) in [5.41, 5.74) is 0.495. The molecule has 0 aliphatic rings. The average Bonchev–Trinajstić information content (AvgIpc) is 2.65. The van der Waals surface area contributed by atoms with Crippen LogP contribution in [0.1, 0.15) is 20.8 Å². The van der Waals surface area contributed by atoms with Crippen molar-refractivity contribution in [3.05, 3.63) is 24.4 Å². The topological polar surface area (TPSA) is 73.6 Å². The summed E-state index contributed by atoms with van der Waals surface area (Å²) in [6, 6.07) is 4.97. The van der Waals surface area contributed by atoms with Gasteiger partial charge in [-0.3, -0.25) is 4.98 Å². The van der Waals surface area contributed by atoms with Crippen molar-refractivity contribution in [1.29, 1.82) is 0 Å². The molecule has 1 radical (unpaired) electrons. The molecule has 2 aromatic heterocycles. The fraction of sp³-hybridized carbons (Fsp3) is 0.333. The molecule has 0 amide bonds. The van der Waals surface area contributed by atoms with Crippen LogP contribution in [-0.2, 0) is 4.74 Å². The molecule has 0 unspecified atom stereocenters. The molecule has 19 heavy (non-hydrogen) atoms. The molecular weight excluding hydrogens is 247 g/mol. The lowest BCUT2D eigenvalue weighted by atomic mass is 10.2. The van der Waals surface area contributed by atoms with Crippen molar-refractivity contribution in [3.63, 3.8) is 0 Å². The van der Waals surface area contributed by atoms with Crippen molar-refractivity contribution in [3.8, 4) is 5.88 Å². The molecule has 2 aromatic rings. The van der Waals surface area contributed by atoms with E-state index in [1.54, 1.807) is 45.2 Å². The third kappa shape index (κ3) is 2.87. The first kappa shape index (κ1) is 13.4. The Labute approximate surface area is 111 Å². The Morgan fingerprint density at radius 1 is 1.47 bits per heavy atom. The van der Waals surface area contributed by atoms with Crippen molar-refractivity contribution in [1.82, 2.24) is 9.55 Å². The van der Waals surface area contributed by atoms with Crippen LogP contribution in [0.3, 0.4) is 0 Å². The van der Waals surface area contributed by atoms with Crippen LogP contribution in [0.4, 0.5) is 4.79 Å². The highest BCUT2D eigenvalue weighted by Gasteiger charge is 2.23. The van der Waals surface area contributed by atoms with Crippen LogP contribution in [0.25, 0.3) is 11.0 Å². The quantitative estimate of drug-likeness (QED) is 0.833. The molecule has 0 fully saturated rings. The summed E-state index contributed by atoms with van der Waals surface area (Å²) in [5.74, 6) is 0.144. The van der Waals surface area contributed by atoms with Crippen LogP contribution in [0.2, 0.25) is 0 Å². The number of aromatic nitrogens is 2. The van der Waals surface area contributed by atoms with Crippen LogP contribution in [-0.4, -0.2) is 34.0 Å². The molecule has 0 atom stereocenters. The number of carbonyl (C=O) groups is 1. The van der Waals surface area contributed by atoms with Crippen LogP contribution in [0.5, 0.6) is 5.88 Å². The van der Waals surface area contributed by atoms with Crippen molar-refractivity contribution < 1.29 is 19.2 Å². The normalized spacial score (nSPS) is 11.4. The lowest BCUT2D eigenvalue weighted by Gasteiger charge is -2.20. The zero-order valence-corrected chi connectivity index (χ0v) is 11.0. The monoisotopic (exact) mass is 261 g/mol. The Hall–Kier alpha value is -2.02. The summed E-state index contributed by atoms with van der Waals surface area (Å²) in [5, 5.41) is 8.75. The van der Waals surface area contributed by atoms with Gasteiger partial charge in [-0.25, -0.2) is 9.36 Å². The lowest BCUT2D eigenvalue weighted by Crippen LogP contribution is -2.27. The first-order valence-corrected chi connectivity index (χ1v) is 5.75. The van der Waals surface area contributed by atoms with Gasteiger partial charge in [0.05, 0.1) is 11.0 Å². The predicted molar refractivity (Wildman–Crippen MR) is 70.0 cm³/mol. The highest BCUT2D eigenvalue weighted by Crippen LogP contribution is 2.25. The van der Waals surface area contributed by atoms with Crippen molar-refractivity contribution in [2.24, 2.45) is 0 Å². The van der Waals surface area contributed by atoms with E-state index >= 15 is 0 Å². The van der Waals surface area contributed by atoms with E-state index in [0.29, 0.717) is 18.7 Å². The predicted octanol–water partition coefficient (Wildman–Crippen LogP) is 1.72. The molecule has 1 N–H and O–H groups in total. The summed E-state index contributed by atoms with van der Waals surface area (Å²) in [4.78, 5) is 16.3.